The zero-order valence-corrected chi connectivity index (χ0v) is 18.7. The van der Waals surface area contributed by atoms with Gasteiger partial charge in [0.15, 0.2) is 17.3 Å². The summed E-state index contributed by atoms with van der Waals surface area (Å²) in [5, 5.41) is 11.4. The summed E-state index contributed by atoms with van der Waals surface area (Å²) in [7, 11) is 1.69. The number of anilines is 4. The second-order valence-corrected chi connectivity index (χ2v) is 8.11. The Morgan fingerprint density at radius 3 is 2.88 bits per heavy atom. The summed E-state index contributed by atoms with van der Waals surface area (Å²) in [6.07, 6.45) is 5.61. The number of hydrogen-bond acceptors (Lipinski definition) is 8. The summed E-state index contributed by atoms with van der Waals surface area (Å²) in [4.78, 5) is 11.7. The molecule has 10 nitrogen and oxygen atoms in total. The number of methoxy groups -OCH3 is 1. The first kappa shape index (κ1) is 20.3. The first-order valence-electron chi connectivity index (χ1n) is 11.0. The van der Waals surface area contributed by atoms with Crippen LogP contribution in [0, 0.1) is 0 Å². The van der Waals surface area contributed by atoms with E-state index in [2.05, 4.69) is 31.5 Å². The Hall–Kier alpha value is -4.31. The monoisotopic (exact) mass is 456 g/mol. The van der Waals surface area contributed by atoms with E-state index in [1.165, 1.54) is 0 Å². The first-order valence-corrected chi connectivity index (χ1v) is 11.0. The Morgan fingerprint density at radius 2 is 2.03 bits per heavy atom. The number of rotatable bonds is 5. The third-order valence-electron chi connectivity index (χ3n) is 6.06. The number of aromatic amines is 1. The SMILES string of the molecule is COc1cc(Nc2nc(-c3ccc4c(N)n[nH]c4c3)cn3ccnc23)ccc1N1CCOCC1. The van der Waals surface area contributed by atoms with Crippen molar-refractivity contribution in [2.75, 3.05) is 49.4 Å². The van der Waals surface area contributed by atoms with E-state index in [0.29, 0.717) is 24.8 Å². The van der Waals surface area contributed by atoms with E-state index in [4.69, 9.17) is 20.2 Å². The smallest absolute Gasteiger partial charge is 0.180 e. The second-order valence-electron chi connectivity index (χ2n) is 8.11. The number of fused-ring (bicyclic) bond motifs is 2. The summed E-state index contributed by atoms with van der Waals surface area (Å²) in [6.45, 7) is 3.12. The molecule has 1 aliphatic rings. The van der Waals surface area contributed by atoms with E-state index in [0.717, 1.165) is 58.0 Å². The van der Waals surface area contributed by atoms with Crippen molar-refractivity contribution in [2.45, 2.75) is 0 Å². The van der Waals surface area contributed by atoms with Crippen LogP contribution in [0.15, 0.2) is 55.0 Å². The summed E-state index contributed by atoms with van der Waals surface area (Å²) >= 11 is 0. The molecule has 0 unspecified atom stereocenters. The summed E-state index contributed by atoms with van der Waals surface area (Å²) < 4.78 is 13.1. The van der Waals surface area contributed by atoms with Crippen LogP contribution in [0.4, 0.5) is 23.0 Å². The lowest BCUT2D eigenvalue weighted by Gasteiger charge is -2.30. The van der Waals surface area contributed by atoms with Crippen LogP contribution >= 0.6 is 0 Å². The Bertz CT molecular complexity index is 1490. The van der Waals surface area contributed by atoms with E-state index in [-0.39, 0.29) is 0 Å². The van der Waals surface area contributed by atoms with Crippen molar-refractivity contribution in [2.24, 2.45) is 0 Å². The molecule has 0 atom stereocenters. The molecular weight excluding hydrogens is 432 g/mol. The fourth-order valence-electron chi connectivity index (χ4n) is 4.31. The van der Waals surface area contributed by atoms with Gasteiger partial charge in [0.1, 0.15) is 5.75 Å². The quantitative estimate of drug-likeness (QED) is 0.368. The van der Waals surface area contributed by atoms with Crippen molar-refractivity contribution in [3.05, 3.63) is 55.0 Å². The van der Waals surface area contributed by atoms with Crippen molar-refractivity contribution in [3.63, 3.8) is 0 Å². The number of hydrogen-bond donors (Lipinski definition) is 3. The number of nitrogen functional groups attached to an aromatic ring is 1. The zero-order valence-electron chi connectivity index (χ0n) is 18.7. The molecule has 0 bridgehead atoms. The van der Waals surface area contributed by atoms with Gasteiger partial charge in [0.2, 0.25) is 0 Å². The lowest BCUT2D eigenvalue weighted by molar-refractivity contribution is 0.122. The Labute approximate surface area is 195 Å². The minimum Gasteiger partial charge on any atom is -0.495 e. The van der Waals surface area contributed by atoms with Crippen LogP contribution in [0.25, 0.3) is 27.8 Å². The topological polar surface area (TPSA) is 119 Å². The molecule has 4 N–H and O–H groups in total. The van der Waals surface area contributed by atoms with Crippen LogP contribution in [-0.4, -0.2) is 58.0 Å². The van der Waals surface area contributed by atoms with Gasteiger partial charge in [-0.3, -0.25) is 5.10 Å². The Balaban J connectivity index is 1.37. The maximum absolute atomic E-state index is 5.92. The lowest BCUT2D eigenvalue weighted by atomic mass is 10.1. The molecule has 172 valence electrons. The van der Waals surface area contributed by atoms with Crippen molar-refractivity contribution in [1.82, 2.24) is 24.6 Å². The van der Waals surface area contributed by atoms with Crippen LogP contribution in [0.1, 0.15) is 0 Å². The highest BCUT2D eigenvalue weighted by Gasteiger charge is 2.17. The van der Waals surface area contributed by atoms with E-state index >= 15 is 0 Å². The molecule has 3 aromatic heterocycles. The number of H-pyrrole nitrogens is 1. The molecule has 5 aromatic rings. The highest BCUT2D eigenvalue weighted by Crippen LogP contribution is 2.34. The predicted octanol–water partition coefficient (Wildman–Crippen LogP) is 3.44. The van der Waals surface area contributed by atoms with E-state index in [1.807, 2.05) is 47.1 Å². The fourth-order valence-corrected chi connectivity index (χ4v) is 4.31. The summed E-state index contributed by atoms with van der Waals surface area (Å²) in [5.74, 6) is 1.92. The second kappa shape index (κ2) is 8.23. The molecule has 2 aromatic carbocycles. The van der Waals surface area contributed by atoms with Gasteiger partial charge in [0.05, 0.1) is 37.2 Å². The number of imidazole rings is 1. The summed E-state index contributed by atoms with van der Waals surface area (Å²) in [5.41, 5.74) is 11.2. The van der Waals surface area contributed by atoms with Crippen molar-refractivity contribution in [1.29, 1.82) is 0 Å². The number of nitrogens with zero attached hydrogens (tertiary/aromatic N) is 5. The molecule has 1 fully saturated rings. The van der Waals surface area contributed by atoms with Crippen LogP contribution in [0.5, 0.6) is 5.75 Å². The normalized spacial score (nSPS) is 14.1. The van der Waals surface area contributed by atoms with E-state index in [1.54, 1.807) is 13.3 Å². The van der Waals surface area contributed by atoms with Gasteiger partial charge in [-0.05, 0) is 24.3 Å². The van der Waals surface area contributed by atoms with Crippen LogP contribution < -0.4 is 20.7 Å². The average molecular weight is 457 g/mol. The van der Waals surface area contributed by atoms with E-state index < -0.39 is 0 Å². The maximum atomic E-state index is 5.92. The van der Waals surface area contributed by atoms with Crippen molar-refractivity contribution in [3.8, 4) is 17.0 Å². The highest BCUT2D eigenvalue weighted by molar-refractivity contribution is 5.91. The fraction of sp³-hybridized carbons (Fsp3) is 0.208. The lowest BCUT2D eigenvalue weighted by Crippen LogP contribution is -2.36. The highest BCUT2D eigenvalue weighted by atomic mass is 16.5. The standard InChI is InChI=1S/C24H24N8O2/c1-33-21-13-16(3-5-20(21)31-8-10-34-11-9-31)27-23-24-26-6-7-32(24)14-19(28-23)15-2-4-17-18(12-15)29-30-22(17)25/h2-7,12-14H,8-11H2,1H3,(H,27,28)(H3,25,29,30). The predicted molar refractivity (Wildman–Crippen MR) is 132 cm³/mol. The number of nitrogens with two attached hydrogens (primary N) is 1. The third kappa shape index (κ3) is 3.54. The van der Waals surface area contributed by atoms with Crippen molar-refractivity contribution < 1.29 is 9.47 Å². The van der Waals surface area contributed by atoms with Gasteiger partial charge in [-0.25, -0.2) is 9.97 Å². The van der Waals surface area contributed by atoms with Crippen LogP contribution in [-0.2, 0) is 4.74 Å². The molecule has 4 heterocycles. The average Bonchev–Trinajstić information content (AvgIpc) is 3.51. The Kier molecular flexibility index (Phi) is 4.92. The summed E-state index contributed by atoms with van der Waals surface area (Å²) in [6, 6.07) is 12.0. The van der Waals surface area contributed by atoms with Gasteiger partial charge in [-0.2, -0.15) is 5.10 Å². The largest absolute Gasteiger partial charge is 0.495 e. The molecule has 34 heavy (non-hydrogen) atoms. The van der Waals surface area contributed by atoms with Crippen LogP contribution in [0.3, 0.4) is 0 Å². The van der Waals surface area contributed by atoms with Crippen molar-refractivity contribution >= 4 is 39.6 Å². The van der Waals surface area contributed by atoms with E-state index in [9.17, 15) is 0 Å². The zero-order chi connectivity index (χ0) is 23.1. The first-order chi connectivity index (χ1) is 16.7. The molecule has 0 aliphatic carbocycles. The molecule has 1 saturated heterocycles. The molecule has 10 heteroatoms. The van der Waals surface area contributed by atoms with Gasteiger partial charge in [-0.1, -0.05) is 6.07 Å². The molecule has 0 spiro atoms. The number of nitrogens with one attached hydrogen (secondary N) is 2. The molecule has 0 radical (unpaired) electrons. The Morgan fingerprint density at radius 1 is 1.15 bits per heavy atom. The minimum absolute atomic E-state index is 0.483. The molecular formula is C24H24N8O2. The van der Waals surface area contributed by atoms with Gasteiger partial charge in [-0.15, -0.1) is 0 Å². The van der Waals surface area contributed by atoms with Gasteiger partial charge < -0.3 is 29.8 Å². The van der Waals surface area contributed by atoms with Gasteiger partial charge in [0.25, 0.3) is 0 Å². The minimum atomic E-state index is 0.483. The van der Waals surface area contributed by atoms with Gasteiger partial charge >= 0.3 is 0 Å². The maximum Gasteiger partial charge on any atom is 0.180 e. The third-order valence-corrected chi connectivity index (χ3v) is 6.06. The van der Waals surface area contributed by atoms with Crippen LogP contribution in [0.2, 0.25) is 0 Å². The molecule has 6 rings (SSSR count). The number of benzene rings is 2. The molecule has 0 amide bonds. The number of aromatic nitrogens is 5. The molecule has 0 saturated carbocycles. The number of morpholine rings is 1. The number of ether oxygens (including phenoxy) is 2. The van der Waals surface area contributed by atoms with Gasteiger partial charge in [0, 0.05) is 54.4 Å². The molecule has 1 aliphatic heterocycles.